The van der Waals surface area contributed by atoms with Gasteiger partial charge in [0, 0.05) is 43.4 Å². The van der Waals surface area contributed by atoms with Crippen molar-refractivity contribution in [2.45, 2.75) is 12.6 Å². The lowest BCUT2D eigenvalue weighted by Gasteiger charge is -2.34. The van der Waals surface area contributed by atoms with Crippen molar-refractivity contribution < 1.29 is 9.13 Å². The van der Waals surface area contributed by atoms with Crippen LogP contribution in [0.1, 0.15) is 16.5 Å². The van der Waals surface area contributed by atoms with Gasteiger partial charge in [0.15, 0.2) is 0 Å². The second-order valence-electron chi connectivity index (χ2n) is 6.57. The van der Waals surface area contributed by atoms with Crippen LogP contribution in [0.4, 0.5) is 4.39 Å². The molecule has 1 unspecified atom stereocenters. The van der Waals surface area contributed by atoms with Gasteiger partial charge in [-0.2, -0.15) is 0 Å². The summed E-state index contributed by atoms with van der Waals surface area (Å²) in [4.78, 5) is 7.79. The molecule has 5 nitrogen and oxygen atoms in total. The summed E-state index contributed by atoms with van der Waals surface area (Å²) in [6.45, 7) is 4.90. The molecule has 0 spiro atoms. The minimum absolute atomic E-state index is 0.240. The predicted molar refractivity (Wildman–Crippen MR) is 105 cm³/mol. The fourth-order valence-electron chi connectivity index (χ4n) is 3.40. The lowest BCUT2D eigenvalue weighted by atomic mass is 10.1. The Morgan fingerprint density at radius 2 is 2.15 bits per heavy atom. The smallest absolute Gasteiger partial charge is 0.147 e. The van der Waals surface area contributed by atoms with Gasteiger partial charge in [-0.15, -0.1) is 11.3 Å². The minimum atomic E-state index is -0.240. The lowest BCUT2D eigenvalue weighted by molar-refractivity contribution is 0.0168. The minimum Gasteiger partial charge on any atom is -0.379 e. The fraction of sp³-hybridized carbons (Fsp3) is 0.350. The topological polar surface area (TPSA) is 42.3 Å². The number of nitrogens with zero attached hydrogens (tertiary/aromatic N) is 3. The summed E-state index contributed by atoms with van der Waals surface area (Å²) in [6, 6.07) is 9.96. The molecule has 2 aromatic heterocycles. The van der Waals surface area contributed by atoms with E-state index in [4.69, 9.17) is 4.74 Å². The summed E-state index contributed by atoms with van der Waals surface area (Å²) in [7, 11) is 0. The third-order valence-corrected chi connectivity index (χ3v) is 5.79. The third-order valence-electron chi connectivity index (χ3n) is 4.82. The van der Waals surface area contributed by atoms with Crippen molar-refractivity contribution in [2.24, 2.45) is 0 Å². The summed E-state index contributed by atoms with van der Waals surface area (Å²) >= 11 is 1.78. The number of rotatable bonds is 7. The van der Waals surface area contributed by atoms with Crippen LogP contribution in [0, 0.1) is 5.82 Å². The molecule has 0 amide bonds. The molecule has 1 aliphatic heterocycles. The van der Waals surface area contributed by atoms with Crippen molar-refractivity contribution in [1.29, 1.82) is 0 Å². The van der Waals surface area contributed by atoms with Gasteiger partial charge >= 0.3 is 0 Å². The maximum absolute atomic E-state index is 14.4. The number of halogens is 1. The Kier molecular flexibility index (Phi) is 5.94. The molecule has 1 saturated heterocycles. The molecule has 4 rings (SSSR count). The number of aromatic nitrogens is 2. The van der Waals surface area contributed by atoms with Crippen molar-refractivity contribution in [1.82, 2.24) is 19.8 Å². The van der Waals surface area contributed by atoms with Gasteiger partial charge in [0.25, 0.3) is 0 Å². The number of imidazole rings is 1. The van der Waals surface area contributed by atoms with E-state index in [0.717, 1.165) is 38.4 Å². The zero-order chi connectivity index (χ0) is 18.5. The number of hydrogen-bond acceptors (Lipinski definition) is 5. The van der Waals surface area contributed by atoms with E-state index in [2.05, 4.69) is 32.7 Å². The summed E-state index contributed by atoms with van der Waals surface area (Å²) in [6.07, 6.45) is 4.99. The van der Waals surface area contributed by atoms with Crippen LogP contribution in [-0.2, 0) is 11.3 Å². The number of ether oxygens (including phenoxy) is 1. The van der Waals surface area contributed by atoms with E-state index in [0.29, 0.717) is 18.3 Å². The normalized spacial score (nSPS) is 16.5. The highest BCUT2D eigenvalue weighted by molar-refractivity contribution is 7.10. The number of morpholine rings is 1. The average molecular weight is 386 g/mol. The van der Waals surface area contributed by atoms with Crippen molar-refractivity contribution in [3.05, 3.63) is 70.7 Å². The number of benzene rings is 1. The second-order valence-corrected chi connectivity index (χ2v) is 7.55. The van der Waals surface area contributed by atoms with Crippen molar-refractivity contribution >= 4 is 11.3 Å². The van der Waals surface area contributed by atoms with E-state index in [9.17, 15) is 4.39 Å². The molecule has 1 N–H and O–H groups in total. The van der Waals surface area contributed by atoms with Crippen LogP contribution in [0.2, 0.25) is 0 Å². The molecule has 27 heavy (non-hydrogen) atoms. The highest BCUT2D eigenvalue weighted by Gasteiger charge is 2.23. The quantitative estimate of drug-likeness (QED) is 0.677. The number of thiophene rings is 1. The maximum atomic E-state index is 14.4. The molecule has 7 heteroatoms. The first kappa shape index (κ1) is 18.3. The first-order valence-electron chi connectivity index (χ1n) is 9.14. The second kappa shape index (κ2) is 8.75. The van der Waals surface area contributed by atoms with E-state index in [1.54, 1.807) is 46.8 Å². The van der Waals surface area contributed by atoms with Crippen LogP contribution in [0.3, 0.4) is 0 Å². The molecule has 0 bridgehead atoms. The van der Waals surface area contributed by atoms with Gasteiger partial charge in [0.1, 0.15) is 5.82 Å². The molecule has 0 radical (unpaired) electrons. The van der Waals surface area contributed by atoms with Gasteiger partial charge < -0.3 is 14.6 Å². The summed E-state index contributed by atoms with van der Waals surface area (Å²) < 4.78 is 21.6. The third kappa shape index (κ3) is 4.44. The van der Waals surface area contributed by atoms with E-state index >= 15 is 0 Å². The van der Waals surface area contributed by atoms with Crippen LogP contribution in [0.25, 0.3) is 5.69 Å². The van der Waals surface area contributed by atoms with Crippen LogP contribution in [-0.4, -0.2) is 47.3 Å². The molecule has 1 aromatic carbocycles. The van der Waals surface area contributed by atoms with Gasteiger partial charge in [-0.05, 0) is 29.1 Å². The maximum Gasteiger partial charge on any atom is 0.147 e. The van der Waals surface area contributed by atoms with Gasteiger partial charge in [-0.25, -0.2) is 9.37 Å². The van der Waals surface area contributed by atoms with Gasteiger partial charge in [-0.3, -0.25) is 4.90 Å². The Morgan fingerprint density at radius 1 is 1.26 bits per heavy atom. The van der Waals surface area contributed by atoms with Gasteiger partial charge in [0.2, 0.25) is 0 Å². The van der Waals surface area contributed by atoms with Crippen LogP contribution in [0.15, 0.2) is 54.4 Å². The zero-order valence-electron chi connectivity index (χ0n) is 15.1. The first-order valence-corrected chi connectivity index (χ1v) is 10.0. The summed E-state index contributed by atoms with van der Waals surface area (Å²) in [5, 5.41) is 5.63. The standard InChI is InChI=1S/C20H23FN4OS/c21-17-12-16(3-4-18(17)25-6-5-22-15-25)13-23-14-19(20-2-1-11-27-20)24-7-9-26-10-8-24/h1-6,11-12,15,19,23H,7-10,13-14H2. The first-order chi connectivity index (χ1) is 13.3. The molecule has 142 valence electrons. The number of hydrogen-bond donors (Lipinski definition) is 1. The monoisotopic (exact) mass is 386 g/mol. The van der Waals surface area contributed by atoms with Gasteiger partial charge in [0.05, 0.1) is 31.3 Å². The molecular formula is C20H23FN4OS. The van der Waals surface area contributed by atoms with E-state index in [-0.39, 0.29) is 5.82 Å². The summed E-state index contributed by atoms with van der Waals surface area (Å²) in [5.74, 6) is -0.240. The lowest BCUT2D eigenvalue weighted by Crippen LogP contribution is -2.42. The molecule has 0 saturated carbocycles. The highest BCUT2D eigenvalue weighted by Crippen LogP contribution is 2.25. The Labute approximate surface area is 162 Å². The Morgan fingerprint density at radius 3 is 2.85 bits per heavy atom. The predicted octanol–water partition coefficient (Wildman–Crippen LogP) is 3.24. The zero-order valence-corrected chi connectivity index (χ0v) is 15.9. The number of nitrogens with one attached hydrogen (secondary N) is 1. The van der Waals surface area contributed by atoms with Crippen LogP contribution < -0.4 is 5.32 Å². The van der Waals surface area contributed by atoms with E-state index in [1.807, 2.05) is 6.07 Å². The van der Waals surface area contributed by atoms with Crippen LogP contribution >= 0.6 is 11.3 Å². The van der Waals surface area contributed by atoms with E-state index < -0.39 is 0 Å². The average Bonchev–Trinajstić information content (AvgIpc) is 3.40. The van der Waals surface area contributed by atoms with Gasteiger partial charge in [-0.1, -0.05) is 12.1 Å². The SMILES string of the molecule is Fc1cc(CNCC(c2cccs2)N2CCOCC2)ccc1-n1ccnc1. The molecule has 1 atom stereocenters. The molecule has 1 fully saturated rings. The van der Waals surface area contributed by atoms with Crippen LogP contribution in [0.5, 0.6) is 0 Å². The van der Waals surface area contributed by atoms with Crippen molar-refractivity contribution in [3.8, 4) is 5.69 Å². The Bertz CT molecular complexity index is 832. The molecule has 3 aromatic rings. The largest absolute Gasteiger partial charge is 0.379 e. The Hall–Kier alpha value is -2.06. The molecule has 1 aliphatic rings. The molecular weight excluding hydrogens is 363 g/mol. The summed E-state index contributed by atoms with van der Waals surface area (Å²) in [5.41, 5.74) is 1.45. The van der Waals surface area contributed by atoms with E-state index in [1.165, 1.54) is 4.88 Å². The van der Waals surface area contributed by atoms with Crippen molar-refractivity contribution in [3.63, 3.8) is 0 Å². The highest BCUT2D eigenvalue weighted by atomic mass is 32.1. The Balaban J connectivity index is 1.39. The van der Waals surface area contributed by atoms with Crippen molar-refractivity contribution in [2.75, 3.05) is 32.8 Å². The molecule has 3 heterocycles. The molecule has 0 aliphatic carbocycles. The fourth-order valence-corrected chi connectivity index (χ4v) is 4.27.